The molecule has 3 heterocycles. The Kier molecular flexibility index (Phi) is 6.51. The van der Waals surface area contributed by atoms with Gasteiger partial charge in [0.05, 0.1) is 39.3 Å². The van der Waals surface area contributed by atoms with Crippen molar-refractivity contribution in [2.75, 3.05) is 34.5 Å². The normalized spacial score (nSPS) is 16.0. The van der Waals surface area contributed by atoms with Crippen LogP contribution in [0.4, 0.5) is 13.2 Å². The third-order valence-corrected chi connectivity index (χ3v) is 5.48. The van der Waals surface area contributed by atoms with Crippen LogP contribution in [0.2, 0.25) is 0 Å². The summed E-state index contributed by atoms with van der Waals surface area (Å²) in [7, 11) is 4.21. The van der Waals surface area contributed by atoms with Crippen LogP contribution in [0.5, 0.6) is 17.2 Å². The summed E-state index contributed by atoms with van der Waals surface area (Å²) < 4.78 is 63.7. The van der Waals surface area contributed by atoms with E-state index in [2.05, 4.69) is 15.4 Å². The molecule has 1 fully saturated rings. The fourth-order valence-electron chi connectivity index (χ4n) is 3.81. The number of halogens is 3. The number of rotatable bonds is 7. The van der Waals surface area contributed by atoms with Gasteiger partial charge in [-0.25, -0.2) is 9.50 Å². The van der Waals surface area contributed by atoms with Crippen molar-refractivity contribution in [1.29, 1.82) is 0 Å². The van der Waals surface area contributed by atoms with Crippen molar-refractivity contribution in [2.45, 2.75) is 25.1 Å². The molecular formula is C22H23F3N4O5. The van der Waals surface area contributed by atoms with Gasteiger partial charge >= 0.3 is 6.18 Å². The van der Waals surface area contributed by atoms with E-state index in [1.54, 1.807) is 0 Å². The Hall–Kier alpha value is -3.54. The third-order valence-electron chi connectivity index (χ3n) is 5.48. The molecule has 3 aromatic rings. The van der Waals surface area contributed by atoms with Crippen LogP contribution < -0.4 is 19.5 Å². The summed E-state index contributed by atoms with van der Waals surface area (Å²) in [5, 5.41) is 6.48. The van der Waals surface area contributed by atoms with E-state index in [1.165, 1.54) is 33.5 Å². The first-order chi connectivity index (χ1) is 16.3. The number of hydrogen-bond donors (Lipinski definition) is 1. The number of fused-ring (bicyclic) bond motifs is 1. The van der Waals surface area contributed by atoms with Crippen LogP contribution in [-0.2, 0) is 10.9 Å². The van der Waals surface area contributed by atoms with Crippen LogP contribution in [0.3, 0.4) is 0 Å². The molecule has 1 aromatic carbocycles. The van der Waals surface area contributed by atoms with E-state index in [1.807, 2.05) is 0 Å². The van der Waals surface area contributed by atoms with Gasteiger partial charge in [-0.05, 0) is 31.0 Å². The average molecular weight is 480 g/mol. The molecule has 34 heavy (non-hydrogen) atoms. The lowest BCUT2D eigenvalue weighted by Gasteiger charge is -2.15. The van der Waals surface area contributed by atoms with Gasteiger partial charge in [-0.2, -0.15) is 18.3 Å². The van der Waals surface area contributed by atoms with Crippen LogP contribution in [0.15, 0.2) is 24.4 Å². The van der Waals surface area contributed by atoms with Crippen LogP contribution in [0.25, 0.3) is 16.9 Å². The molecule has 1 aliphatic heterocycles. The van der Waals surface area contributed by atoms with Crippen LogP contribution >= 0.6 is 0 Å². The molecule has 1 saturated heterocycles. The van der Waals surface area contributed by atoms with Gasteiger partial charge in [0, 0.05) is 18.7 Å². The third kappa shape index (κ3) is 4.45. The van der Waals surface area contributed by atoms with Gasteiger partial charge in [0.1, 0.15) is 5.56 Å². The van der Waals surface area contributed by atoms with Gasteiger partial charge in [0.2, 0.25) is 5.75 Å². The maximum atomic E-state index is 13.9. The highest BCUT2D eigenvalue weighted by Gasteiger charge is 2.36. The Labute approximate surface area is 192 Å². The van der Waals surface area contributed by atoms with E-state index < -0.39 is 17.8 Å². The average Bonchev–Trinajstić information content (AvgIpc) is 3.50. The highest BCUT2D eigenvalue weighted by molar-refractivity contribution is 6.00. The number of ether oxygens (including phenoxy) is 4. The Bertz CT molecular complexity index is 1180. The Morgan fingerprint density at radius 1 is 1.18 bits per heavy atom. The predicted molar refractivity (Wildman–Crippen MR) is 114 cm³/mol. The van der Waals surface area contributed by atoms with E-state index in [0.29, 0.717) is 11.1 Å². The molecule has 1 aliphatic rings. The van der Waals surface area contributed by atoms with Gasteiger partial charge < -0.3 is 24.3 Å². The maximum Gasteiger partial charge on any atom is 0.433 e. The lowest BCUT2D eigenvalue weighted by atomic mass is 10.1. The number of carbonyl (C=O) groups is 1. The lowest BCUT2D eigenvalue weighted by molar-refractivity contribution is -0.142. The van der Waals surface area contributed by atoms with Gasteiger partial charge in [-0.3, -0.25) is 4.79 Å². The van der Waals surface area contributed by atoms with Crippen LogP contribution in [0.1, 0.15) is 28.9 Å². The number of alkyl halides is 3. The summed E-state index contributed by atoms with van der Waals surface area (Å²) in [5.41, 5.74) is -1.18. The fourth-order valence-corrected chi connectivity index (χ4v) is 3.81. The standard InChI is InChI=1S/C22H23F3N4O5/c1-31-16-7-12(8-17(32-2)19(16)33-3)15-9-18(22(23,24)25)29-20(28-15)14(11-27-29)21(30)26-10-13-5-4-6-34-13/h7-9,11,13H,4-6,10H2,1-3H3,(H,26,30)/t13-/m1/s1. The zero-order valence-corrected chi connectivity index (χ0v) is 18.7. The van der Waals surface area contributed by atoms with E-state index in [9.17, 15) is 18.0 Å². The summed E-state index contributed by atoms with van der Waals surface area (Å²) in [6.07, 6.45) is -2.11. The second kappa shape index (κ2) is 9.37. The molecule has 1 atom stereocenters. The number of hydrogen-bond acceptors (Lipinski definition) is 7. The molecule has 9 nitrogen and oxygen atoms in total. The molecule has 12 heteroatoms. The highest BCUT2D eigenvalue weighted by Crippen LogP contribution is 2.42. The molecule has 0 saturated carbocycles. The molecule has 0 unspecified atom stereocenters. The topological polar surface area (TPSA) is 96.2 Å². The summed E-state index contributed by atoms with van der Waals surface area (Å²) in [4.78, 5) is 17.1. The van der Waals surface area contributed by atoms with E-state index in [4.69, 9.17) is 18.9 Å². The van der Waals surface area contributed by atoms with Gasteiger partial charge in [0.25, 0.3) is 5.91 Å². The molecule has 4 rings (SSSR count). The van der Waals surface area contributed by atoms with Gasteiger partial charge in [0.15, 0.2) is 22.8 Å². The van der Waals surface area contributed by atoms with E-state index >= 15 is 0 Å². The molecule has 1 N–H and O–H groups in total. The first-order valence-corrected chi connectivity index (χ1v) is 10.4. The van der Waals surface area contributed by atoms with Gasteiger partial charge in [-0.1, -0.05) is 0 Å². The van der Waals surface area contributed by atoms with Crippen molar-refractivity contribution in [1.82, 2.24) is 19.9 Å². The largest absolute Gasteiger partial charge is 0.493 e. The number of amides is 1. The number of benzene rings is 1. The molecule has 2 aromatic heterocycles. The smallest absolute Gasteiger partial charge is 0.433 e. The fraction of sp³-hybridized carbons (Fsp3) is 0.409. The Morgan fingerprint density at radius 2 is 1.88 bits per heavy atom. The van der Waals surface area contributed by atoms with Crippen molar-refractivity contribution in [3.63, 3.8) is 0 Å². The number of carbonyl (C=O) groups excluding carboxylic acids is 1. The number of aromatic nitrogens is 3. The first-order valence-electron chi connectivity index (χ1n) is 10.4. The first kappa shape index (κ1) is 23.6. The summed E-state index contributed by atoms with van der Waals surface area (Å²) in [6, 6.07) is 3.82. The second-order valence-corrected chi connectivity index (χ2v) is 7.58. The molecular weight excluding hydrogens is 457 g/mol. The minimum absolute atomic E-state index is 0.0484. The Balaban J connectivity index is 1.82. The number of nitrogens with one attached hydrogen (secondary N) is 1. The zero-order chi connectivity index (χ0) is 24.5. The monoisotopic (exact) mass is 480 g/mol. The van der Waals surface area contributed by atoms with Crippen molar-refractivity contribution in [2.24, 2.45) is 0 Å². The quantitative estimate of drug-likeness (QED) is 0.554. The second-order valence-electron chi connectivity index (χ2n) is 7.58. The molecule has 0 bridgehead atoms. The lowest BCUT2D eigenvalue weighted by Crippen LogP contribution is -2.31. The van der Waals surface area contributed by atoms with Crippen molar-refractivity contribution >= 4 is 11.6 Å². The predicted octanol–water partition coefficient (Wildman–Crippen LogP) is 3.35. The number of nitrogens with zero attached hydrogens (tertiary/aromatic N) is 3. The van der Waals surface area contributed by atoms with E-state index in [0.717, 1.165) is 25.1 Å². The zero-order valence-electron chi connectivity index (χ0n) is 18.7. The summed E-state index contributed by atoms with van der Waals surface area (Å²) in [5.74, 6) is 0.183. The van der Waals surface area contributed by atoms with Gasteiger partial charge in [-0.15, -0.1) is 0 Å². The van der Waals surface area contributed by atoms with Crippen molar-refractivity contribution < 1.29 is 36.9 Å². The van der Waals surface area contributed by atoms with Crippen molar-refractivity contribution in [3.05, 3.63) is 35.7 Å². The Morgan fingerprint density at radius 3 is 2.44 bits per heavy atom. The summed E-state index contributed by atoms with van der Waals surface area (Å²) in [6.45, 7) is 0.862. The highest BCUT2D eigenvalue weighted by atomic mass is 19.4. The van der Waals surface area contributed by atoms with E-state index in [-0.39, 0.29) is 52.4 Å². The van der Waals surface area contributed by atoms with Crippen LogP contribution in [-0.4, -0.2) is 61.1 Å². The molecule has 0 spiro atoms. The minimum Gasteiger partial charge on any atom is -0.493 e. The number of methoxy groups -OCH3 is 3. The molecule has 1 amide bonds. The SMILES string of the molecule is COc1cc(-c2cc(C(F)(F)F)n3ncc(C(=O)NC[C@H]4CCCO4)c3n2)cc(OC)c1OC. The molecule has 0 aliphatic carbocycles. The molecule has 0 radical (unpaired) electrons. The summed E-state index contributed by atoms with van der Waals surface area (Å²) >= 11 is 0. The van der Waals surface area contributed by atoms with Crippen LogP contribution in [0, 0.1) is 0 Å². The van der Waals surface area contributed by atoms with Crippen molar-refractivity contribution in [3.8, 4) is 28.5 Å². The maximum absolute atomic E-state index is 13.9. The minimum atomic E-state index is -4.76. The molecule has 182 valence electrons.